The van der Waals surface area contributed by atoms with Gasteiger partial charge in [-0.15, -0.1) is 11.3 Å². The number of ketones is 1. The minimum absolute atomic E-state index is 0.0497. The number of carbonyl (C=O) groups is 2. The second-order valence-electron chi connectivity index (χ2n) is 3.50. The number of anilines is 1. The molecule has 0 saturated heterocycles. The molecular weight excluding hydrogens is 240 g/mol. The summed E-state index contributed by atoms with van der Waals surface area (Å²) in [6.07, 6.45) is 0. The van der Waals surface area contributed by atoms with Gasteiger partial charge in [-0.2, -0.15) is 0 Å². The molecule has 2 aromatic heterocycles. The Labute approximate surface area is 101 Å². The maximum atomic E-state index is 11.8. The first-order valence-corrected chi connectivity index (χ1v) is 5.73. The Bertz CT molecular complexity index is 571. The number of nitrogens with one attached hydrogen (secondary N) is 1. The van der Waals surface area contributed by atoms with Gasteiger partial charge in [-0.25, -0.2) is 0 Å². The van der Waals surface area contributed by atoms with Crippen molar-refractivity contribution in [3.05, 3.63) is 33.7 Å². The van der Waals surface area contributed by atoms with Crippen LogP contribution in [0.3, 0.4) is 0 Å². The van der Waals surface area contributed by atoms with Gasteiger partial charge in [-0.3, -0.25) is 9.59 Å². The van der Waals surface area contributed by atoms with Gasteiger partial charge in [0.2, 0.25) is 0 Å². The molecule has 88 valence electrons. The first kappa shape index (κ1) is 11.5. The average Bonchev–Trinajstić information content (AvgIpc) is 2.86. The van der Waals surface area contributed by atoms with Crippen molar-refractivity contribution in [1.82, 2.24) is 5.16 Å². The summed E-state index contributed by atoms with van der Waals surface area (Å²) in [7, 11) is 0. The van der Waals surface area contributed by atoms with Gasteiger partial charge >= 0.3 is 0 Å². The lowest BCUT2D eigenvalue weighted by Gasteiger charge is -1.96. The zero-order chi connectivity index (χ0) is 12.4. The van der Waals surface area contributed by atoms with Crippen LogP contribution in [0.2, 0.25) is 0 Å². The highest BCUT2D eigenvalue weighted by atomic mass is 32.1. The molecule has 6 heteroatoms. The third-order valence-electron chi connectivity index (χ3n) is 2.05. The molecule has 0 unspecified atom stereocenters. The molecule has 0 atom stereocenters. The SMILES string of the molecule is CC(=O)c1ccc(C(=O)Nc2cc(C)on2)s1. The van der Waals surface area contributed by atoms with Gasteiger partial charge in [0.25, 0.3) is 5.91 Å². The Hall–Kier alpha value is -1.95. The molecule has 0 bridgehead atoms. The number of hydrogen-bond donors (Lipinski definition) is 1. The molecule has 2 aromatic rings. The molecule has 0 radical (unpaired) electrons. The summed E-state index contributed by atoms with van der Waals surface area (Å²) in [5.41, 5.74) is 0. The van der Waals surface area contributed by atoms with E-state index in [1.807, 2.05) is 0 Å². The molecule has 5 nitrogen and oxygen atoms in total. The molecule has 1 N–H and O–H groups in total. The highest BCUT2D eigenvalue weighted by molar-refractivity contribution is 7.16. The maximum Gasteiger partial charge on any atom is 0.266 e. The first-order chi connectivity index (χ1) is 8.06. The highest BCUT2D eigenvalue weighted by Crippen LogP contribution is 2.18. The molecule has 2 rings (SSSR count). The number of thiophene rings is 1. The van der Waals surface area contributed by atoms with Crippen molar-refractivity contribution in [2.45, 2.75) is 13.8 Å². The lowest BCUT2D eigenvalue weighted by molar-refractivity contribution is 0.101. The van der Waals surface area contributed by atoms with E-state index in [2.05, 4.69) is 10.5 Å². The van der Waals surface area contributed by atoms with E-state index in [1.165, 1.54) is 6.92 Å². The Balaban J connectivity index is 2.11. The van der Waals surface area contributed by atoms with Crippen LogP contribution in [0.25, 0.3) is 0 Å². The first-order valence-electron chi connectivity index (χ1n) is 4.91. The van der Waals surface area contributed by atoms with Gasteiger partial charge in [-0.05, 0) is 26.0 Å². The van der Waals surface area contributed by atoms with Crippen LogP contribution in [-0.2, 0) is 0 Å². The van der Waals surface area contributed by atoms with E-state index in [0.717, 1.165) is 11.3 Å². The molecular formula is C11H10N2O3S. The van der Waals surface area contributed by atoms with Crippen molar-refractivity contribution in [3.63, 3.8) is 0 Å². The minimum atomic E-state index is -0.296. The third kappa shape index (κ3) is 2.59. The summed E-state index contributed by atoms with van der Waals surface area (Å²) in [6, 6.07) is 4.87. The van der Waals surface area contributed by atoms with Crippen LogP contribution >= 0.6 is 11.3 Å². The molecule has 0 aliphatic carbocycles. The van der Waals surface area contributed by atoms with Crippen LogP contribution in [0.5, 0.6) is 0 Å². The van der Waals surface area contributed by atoms with E-state index >= 15 is 0 Å². The smallest absolute Gasteiger partial charge is 0.266 e. The zero-order valence-electron chi connectivity index (χ0n) is 9.31. The number of aromatic nitrogens is 1. The Kier molecular flexibility index (Phi) is 3.06. The van der Waals surface area contributed by atoms with Gasteiger partial charge in [0, 0.05) is 6.07 Å². The maximum absolute atomic E-state index is 11.8. The number of Topliss-reactive ketones (excluding diaryl/α,β-unsaturated/α-hetero) is 1. The van der Waals surface area contributed by atoms with Crippen molar-refractivity contribution in [1.29, 1.82) is 0 Å². The molecule has 0 aliphatic rings. The standard InChI is InChI=1S/C11H10N2O3S/c1-6-5-10(13-16-6)12-11(15)9-4-3-8(17-9)7(2)14/h3-5H,1-2H3,(H,12,13,15). The van der Waals surface area contributed by atoms with Crippen molar-refractivity contribution in [2.75, 3.05) is 5.32 Å². The van der Waals surface area contributed by atoms with Crippen molar-refractivity contribution < 1.29 is 14.1 Å². The number of rotatable bonds is 3. The van der Waals surface area contributed by atoms with Crippen LogP contribution in [0, 0.1) is 6.92 Å². The number of nitrogens with zero attached hydrogens (tertiary/aromatic N) is 1. The predicted molar refractivity (Wildman–Crippen MR) is 63.5 cm³/mol. The lowest BCUT2D eigenvalue weighted by Crippen LogP contribution is -2.10. The fourth-order valence-corrected chi connectivity index (χ4v) is 2.05. The van der Waals surface area contributed by atoms with Crippen LogP contribution in [-0.4, -0.2) is 16.8 Å². The second-order valence-corrected chi connectivity index (χ2v) is 4.58. The van der Waals surface area contributed by atoms with Crippen LogP contribution < -0.4 is 5.32 Å². The lowest BCUT2D eigenvalue weighted by atomic mass is 10.3. The molecule has 0 saturated carbocycles. The summed E-state index contributed by atoms with van der Waals surface area (Å²) < 4.78 is 4.83. The molecule has 0 spiro atoms. The van der Waals surface area contributed by atoms with Crippen LogP contribution in [0.1, 0.15) is 32.0 Å². The quantitative estimate of drug-likeness (QED) is 0.849. The number of amides is 1. The molecule has 0 fully saturated rings. The predicted octanol–water partition coefficient (Wildman–Crippen LogP) is 2.50. The second kappa shape index (κ2) is 4.50. The summed E-state index contributed by atoms with van der Waals surface area (Å²) >= 11 is 1.16. The Morgan fingerprint density at radius 2 is 2.06 bits per heavy atom. The number of carbonyl (C=O) groups excluding carboxylic acids is 2. The van der Waals surface area contributed by atoms with E-state index in [1.54, 1.807) is 25.1 Å². The van der Waals surface area contributed by atoms with E-state index in [-0.39, 0.29) is 11.7 Å². The van der Waals surface area contributed by atoms with E-state index in [9.17, 15) is 9.59 Å². The van der Waals surface area contributed by atoms with Crippen molar-refractivity contribution in [3.8, 4) is 0 Å². The molecule has 17 heavy (non-hydrogen) atoms. The van der Waals surface area contributed by atoms with Gasteiger partial charge in [0.05, 0.1) is 9.75 Å². The summed E-state index contributed by atoms with van der Waals surface area (Å²) in [5, 5.41) is 6.24. The van der Waals surface area contributed by atoms with Crippen LogP contribution in [0.15, 0.2) is 22.7 Å². The van der Waals surface area contributed by atoms with E-state index < -0.39 is 0 Å². The molecule has 0 aromatic carbocycles. The van der Waals surface area contributed by atoms with E-state index in [0.29, 0.717) is 21.3 Å². The Morgan fingerprint density at radius 3 is 2.59 bits per heavy atom. The normalized spacial score (nSPS) is 10.2. The molecule has 0 aliphatic heterocycles. The molecule has 1 amide bonds. The molecule has 2 heterocycles. The van der Waals surface area contributed by atoms with Gasteiger partial charge in [0.1, 0.15) is 5.76 Å². The zero-order valence-corrected chi connectivity index (χ0v) is 10.1. The van der Waals surface area contributed by atoms with Crippen molar-refractivity contribution >= 4 is 28.8 Å². The largest absolute Gasteiger partial charge is 0.360 e. The van der Waals surface area contributed by atoms with Crippen LogP contribution in [0.4, 0.5) is 5.82 Å². The monoisotopic (exact) mass is 250 g/mol. The van der Waals surface area contributed by atoms with Gasteiger partial charge in [0.15, 0.2) is 11.6 Å². The van der Waals surface area contributed by atoms with Gasteiger partial charge in [-0.1, -0.05) is 5.16 Å². The Morgan fingerprint density at radius 1 is 1.35 bits per heavy atom. The third-order valence-corrected chi connectivity index (χ3v) is 3.23. The van der Waals surface area contributed by atoms with Gasteiger partial charge < -0.3 is 9.84 Å². The average molecular weight is 250 g/mol. The fourth-order valence-electron chi connectivity index (χ4n) is 1.25. The fraction of sp³-hybridized carbons (Fsp3) is 0.182. The number of aryl methyl sites for hydroxylation is 1. The van der Waals surface area contributed by atoms with Crippen molar-refractivity contribution in [2.24, 2.45) is 0 Å². The number of hydrogen-bond acceptors (Lipinski definition) is 5. The summed E-state index contributed by atoms with van der Waals surface area (Å²) in [6.45, 7) is 3.20. The summed E-state index contributed by atoms with van der Waals surface area (Å²) in [4.78, 5) is 23.9. The van der Waals surface area contributed by atoms with E-state index in [4.69, 9.17) is 4.52 Å². The summed E-state index contributed by atoms with van der Waals surface area (Å²) in [5.74, 6) is 0.642. The topological polar surface area (TPSA) is 72.2 Å². The highest BCUT2D eigenvalue weighted by Gasteiger charge is 2.12. The minimum Gasteiger partial charge on any atom is -0.360 e.